The lowest BCUT2D eigenvalue weighted by Crippen LogP contribution is -2.13. The first-order valence-electron chi connectivity index (χ1n) is 5.97. The fourth-order valence-electron chi connectivity index (χ4n) is 2.08. The number of alkyl halides is 3. The Morgan fingerprint density at radius 3 is 2.43 bits per heavy atom. The van der Waals surface area contributed by atoms with E-state index in [0.717, 1.165) is 0 Å². The number of nitrogens with zero attached hydrogens (tertiary/aromatic N) is 1. The summed E-state index contributed by atoms with van der Waals surface area (Å²) in [5.74, 6) is 0. The van der Waals surface area contributed by atoms with Crippen LogP contribution in [0.2, 0.25) is 10.0 Å². The molecule has 0 aliphatic rings. The first kappa shape index (κ1) is 16.6. The normalized spacial score (nSPS) is 12.0. The van der Waals surface area contributed by atoms with E-state index in [1.54, 1.807) is 13.0 Å². The molecule has 8 heteroatoms. The monoisotopic (exact) mass is 400 g/mol. The van der Waals surface area contributed by atoms with Gasteiger partial charge in [-0.1, -0.05) is 23.2 Å². The molecule has 21 heavy (non-hydrogen) atoms. The Balaban J connectivity index is 2.97. The van der Waals surface area contributed by atoms with E-state index >= 15 is 0 Å². The fraction of sp³-hybridized carbons (Fsp3) is 0.308. The minimum atomic E-state index is -4.56. The summed E-state index contributed by atoms with van der Waals surface area (Å²) in [7, 11) is 0. The molecule has 0 bridgehead atoms. The molecule has 1 aromatic heterocycles. The summed E-state index contributed by atoms with van der Waals surface area (Å²) in [5.41, 5.74) is -0.554. The molecule has 0 saturated heterocycles. The fourth-order valence-corrected chi connectivity index (χ4v) is 3.01. The molecule has 1 aromatic carbocycles. The molecular weight excluding hydrogens is 392 g/mol. The van der Waals surface area contributed by atoms with Crippen LogP contribution in [0.5, 0.6) is 0 Å². The van der Waals surface area contributed by atoms with Gasteiger partial charge in [-0.05, 0) is 35.8 Å². The van der Waals surface area contributed by atoms with Crippen molar-refractivity contribution >= 4 is 55.7 Å². The molecule has 0 unspecified atom stereocenters. The molecule has 0 aliphatic carbocycles. The highest BCUT2D eigenvalue weighted by atomic mass is 79.9. The second kappa shape index (κ2) is 5.82. The smallest absolute Gasteiger partial charge is 0.385 e. The SMILES string of the molecule is CCNc1c(C)c(C(F)(F)F)nc2c(Cl)c(Cl)c(Br)cc12. The Bertz CT molecular complexity index is 717. The Labute approximate surface area is 137 Å². The Morgan fingerprint density at radius 2 is 1.90 bits per heavy atom. The molecule has 2 aromatic rings. The number of fused-ring (bicyclic) bond motifs is 1. The Morgan fingerprint density at radius 1 is 1.29 bits per heavy atom. The van der Waals surface area contributed by atoms with Crippen molar-refractivity contribution in [3.8, 4) is 0 Å². The molecule has 0 spiro atoms. The summed E-state index contributed by atoms with van der Waals surface area (Å²) in [5, 5.41) is 3.56. The number of pyridine rings is 1. The van der Waals surface area contributed by atoms with Crippen LogP contribution in [0.3, 0.4) is 0 Å². The average Bonchev–Trinajstić information content (AvgIpc) is 2.38. The van der Waals surface area contributed by atoms with Gasteiger partial charge in [0.05, 0.1) is 15.6 Å². The van der Waals surface area contributed by atoms with Crippen molar-refractivity contribution < 1.29 is 13.2 Å². The van der Waals surface area contributed by atoms with Crippen LogP contribution in [0, 0.1) is 6.92 Å². The van der Waals surface area contributed by atoms with Crippen molar-refractivity contribution in [2.75, 3.05) is 11.9 Å². The highest BCUT2D eigenvalue weighted by Crippen LogP contribution is 2.43. The van der Waals surface area contributed by atoms with E-state index in [-0.39, 0.29) is 21.1 Å². The second-order valence-corrected chi connectivity index (χ2v) is 5.98. The van der Waals surface area contributed by atoms with Gasteiger partial charge >= 0.3 is 6.18 Å². The highest BCUT2D eigenvalue weighted by molar-refractivity contribution is 9.10. The molecule has 0 saturated carbocycles. The minimum absolute atomic E-state index is 0.00862. The van der Waals surface area contributed by atoms with Gasteiger partial charge in [-0.15, -0.1) is 0 Å². The van der Waals surface area contributed by atoms with E-state index in [1.807, 2.05) is 0 Å². The van der Waals surface area contributed by atoms with Gasteiger partial charge in [0.2, 0.25) is 0 Å². The third-order valence-corrected chi connectivity index (χ3v) is 4.69. The summed E-state index contributed by atoms with van der Waals surface area (Å²) in [6.45, 7) is 3.64. The zero-order chi connectivity index (χ0) is 15.9. The maximum absolute atomic E-state index is 13.1. The number of rotatable bonds is 2. The number of aromatic nitrogens is 1. The van der Waals surface area contributed by atoms with Crippen molar-refractivity contribution in [1.29, 1.82) is 0 Å². The van der Waals surface area contributed by atoms with Gasteiger partial charge in [0, 0.05) is 27.7 Å². The van der Waals surface area contributed by atoms with Crippen LogP contribution in [0.4, 0.5) is 18.9 Å². The number of hydrogen-bond acceptors (Lipinski definition) is 2. The van der Waals surface area contributed by atoms with Gasteiger partial charge in [-0.2, -0.15) is 13.2 Å². The lowest BCUT2D eigenvalue weighted by atomic mass is 10.1. The van der Waals surface area contributed by atoms with Crippen LogP contribution in [-0.4, -0.2) is 11.5 Å². The summed E-state index contributed by atoms with van der Waals surface area (Å²) in [6, 6.07) is 1.61. The van der Waals surface area contributed by atoms with Gasteiger partial charge in [0.15, 0.2) is 0 Å². The molecule has 0 atom stereocenters. The molecule has 0 aliphatic heterocycles. The molecule has 0 amide bonds. The molecule has 0 radical (unpaired) electrons. The van der Waals surface area contributed by atoms with E-state index in [1.165, 1.54) is 6.92 Å². The van der Waals surface area contributed by atoms with E-state index < -0.39 is 11.9 Å². The first-order valence-corrected chi connectivity index (χ1v) is 7.52. The number of anilines is 1. The van der Waals surface area contributed by atoms with Crippen molar-refractivity contribution in [3.63, 3.8) is 0 Å². The van der Waals surface area contributed by atoms with Crippen LogP contribution < -0.4 is 5.32 Å². The topological polar surface area (TPSA) is 24.9 Å². The lowest BCUT2D eigenvalue weighted by Gasteiger charge is -2.18. The lowest BCUT2D eigenvalue weighted by molar-refractivity contribution is -0.141. The van der Waals surface area contributed by atoms with E-state index in [4.69, 9.17) is 23.2 Å². The van der Waals surface area contributed by atoms with Crippen LogP contribution in [0.25, 0.3) is 10.9 Å². The molecule has 1 N–H and O–H groups in total. The third-order valence-electron chi connectivity index (χ3n) is 2.98. The van der Waals surface area contributed by atoms with Crippen molar-refractivity contribution in [3.05, 3.63) is 31.8 Å². The zero-order valence-electron chi connectivity index (χ0n) is 11.0. The number of nitrogens with one attached hydrogen (secondary N) is 1. The molecule has 114 valence electrons. The van der Waals surface area contributed by atoms with Gasteiger partial charge in [-0.25, -0.2) is 4.98 Å². The predicted molar refractivity (Wildman–Crippen MR) is 83.4 cm³/mol. The first-order chi connectivity index (χ1) is 9.68. The van der Waals surface area contributed by atoms with Gasteiger partial charge in [0.1, 0.15) is 5.69 Å². The summed E-state index contributed by atoms with van der Waals surface area (Å²) >= 11 is 15.3. The number of benzene rings is 1. The van der Waals surface area contributed by atoms with Gasteiger partial charge in [0.25, 0.3) is 0 Å². The largest absolute Gasteiger partial charge is 0.433 e. The van der Waals surface area contributed by atoms with Crippen molar-refractivity contribution in [2.45, 2.75) is 20.0 Å². The maximum atomic E-state index is 13.1. The van der Waals surface area contributed by atoms with Crippen LogP contribution in [-0.2, 0) is 6.18 Å². The van der Waals surface area contributed by atoms with E-state index in [9.17, 15) is 13.2 Å². The number of hydrogen-bond donors (Lipinski definition) is 1. The molecule has 2 rings (SSSR count). The van der Waals surface area contributed by atoms with Gasteiger partial charge in [-0.3, -0.25) is 0 Å². The average molecular weight is 402 g/mol. The Hall–Kier alpha value is -0.720. The Kier molecular flexibility index (Phi) is 4.61. The third kappa shape index (κ3) is 2.94. The highest BCUT2D eigenvalue weighted by Gasteiger charge is 2.36. The van der Waals surface area contributed by atoms with Crippen molar-refractivity contribution in [2.24, 2.45) is 0 Å². The zero-order valence-corrected chi connectivity index (χ0v) is 14.1. The maximum Gasteiger partial charge on any atom is 0.433 e. The van der Waals surface area contributed by atoms with Crippen LogP contribution >= 0.6 is 39.1 Å². The summed E-state index contributed by atoms with van der Waals surface area (Å²) in [4.78, 5) is 3.69. The molecule has 2 nitrogen and oxygen atoms in total. The quantitative estimate of drug-likeness (QED) is 0.618. The standard InChI is InChI=1S/C13H10BrCl2F3N2/c1-3-20-10-5(2)12(13(17,18)19)21-11-6(10)4-7(14)8(15)9(11)16/h4H,3H2,1-2H3,(H,20,21). The van der Waals surface area contributed by atoms with Crippen LogP contribution in [0.15, 0.2) is 10.5 Å². The number of halogens is 6. The minimum Gasteiger partial charge on any atom is -0.385 e. The molecular formula is C13H10BrCl2F3N2. The molecule has 1 heterocycles. The van der Waals surface area contributed by atoms with E-state index in [0.29, 0.717) is 22.1 Å². The second-order valence-electron chi connectivity index (χ2n) is 4.37. The summed E-state index contributed by atoms with van der Waals surface area (Å²) in [6.07, 6.45) is -4.56. The van der Waals surface area contributed by atoms with Crippen molar-refractivity contribution in [1.82, 2.24) is 4.98 Å². The predicted octanol–water partition coefficient (Wildman–Crippen LogP) is 6.06. The van der Waals surface area contributed by atoms with Gasteiger partial charge < -0.3 is 5.32 Å². The molecule has 0 fully saturated rings. The van der Waals surface area contributed by atoms with E-state index in [2.05, 4.69) is 26.2 Å². The summed E-state index contributed by atoms with van der Waals surface area (Å²) < 4.78 is 39.9. The van der Waals surface area contributed by atoms with Crippen LogP contribution in [0.1, 0.15) is 18.2 Å².